The summed E-state index contributed by atoms with van der Waals surface area (Å²) in [6, 6.07) is 15.2. The number of amides is 1. The van der Waals surface area contributed by atoms with E-state index in [1.54, 1.807) is 36.4 Å². The second-order valence-electron chi connectivity index (χ2n) is 7.73. The van der Waals surface area contributed by atoms with Crippen LogP contribution in [0.1, 0.15) is 49.9 Å². The zero-order valence-corrected chi connectivity index (χ0v) is 20.0. The van der Waals surface area contributed by atoms with Gasteiger partial charge in [0.1, 0.15) is 12.4 Å². The molecule has 1 amide bonds. The topological polar surface area (TPSA) is 121 Å². The molecule has 37 heavy (non-hydrogen) atoms. The van der Waals surface area contributed by atoms with Gasteiger partial charge in [0.25, 0.3) is 5.91 Å². The molecule has 2 N–H and O–H groups in total. The Morgan fingerprint density at radius 3 is 2.54 bits per heavy atom. The van der Waals surface area contributed by atoms with Gasteiger partial charge in [0, 0.05) is 5.56 Å². The smallest absolute Gasteiger partial charge is 0.335 e. The molecular weight excluding hydrogens is 477 g/mol. The molecule has 3 aromatic rings. The molecule has 0 spiro atoms. The number of hydrogen-bond acceptors (Lipinski definition) is 6. The molecule has 0 saturated carbocycles. The van der Waals surface area contributed by atoms with Crippen LogP contribution in [0.25, 0.3) is 0 Å². The van der Waals surface area contributed by atoms with E-state index in [0.29, 0.717) is 30.1 Å². The molecule has 0 fully saturated rings. The van der Waals surface area contributed by atoms with Gasteiger partial charge >= 0.3 is 5.97 Å². The molecule has 0 radical (unpaired) electrons. The number of benzene rings is 3. The van der Waals surface area contributed by atoms with Gasteiger partial charge in [-0.1, -0.05) is 18.2 Å². The van der Waals surface area contributed by atoms with E-state index in [1.807, 2.05) is 6.92 Å². The van der Waals surface area contributed by atoms with Crippen molar-refractivity contribution in [1.82, 2.24) is 5.43 Å². The van der Waals surface area contributed by atoms with Crippen LogP contribution >= 0.6 is 0 Å². The number of halogens is 1. The summed E-state index contributed by atoms with van der Waals surface area (Å²) in [6.45, 7) is 6.17. The van der Waals surface area contributed by atoms with Gasteiger partial charge in [0.15, 0.2) is 11.5 Å². The first-order valence-electron chi connectivity index (χ1n) is 11.2. The Bertz CT molecular complexity index is 1380. The van der Waals surface area contributed by atoms with Crippen molar-refractivity contribution >= 4 is 18.1 Å². The first kappa shape index (κ1) is 26.6. The molecule has 3 aromatic carbocycles. The molecule has 0 aliphatic heterocycles. The lowest BCUT2D eigenvalue weighted by Gasteiger charge is -2.17. The predicted molar refractivity (Wildman–Crippen MR) is 135 cm³/mol. The Kier molecular flexibility index (Phi) is 9.11. The van der Waals surface area contributed by atoms with Gasteiger partial charge in [-0.3, -0.25) is 4.79 Å². The predicted octanol–water partition coefficient (Wildman–Crippen LogP) is 4.87. The van der Waals surface area contributed by atoms with Crippen LogP contribution in [0.15, 0.2) is 72.4 Å². The Morgan fingerprint density at radius 2 is 1.92 bits per heavy atom. The molecule has 0 aliphatic rings. The number of ether oxygens (including phenoxy) is 2. The van der Waals surface area contributed by atoms with Crippen LogP contribution < -0.4 is 14.9 Å². The van der Waals surface area contributed by atoms with Gasteiger partial charge in [-0.2, -0.15) is 10.4 Å². The van der Waals surface area contributed by atoms with Gasteiger partial charge in [0.05, 0.1) is 35.6 Å². The fourth-order valence-electron chi connectivity index (χ4n) is 3.39. The largest absolute Gasteiger partial charge is 0.490 e. The number of carboxylic acids is 1. The Morgan fingerprint density at radius 1 is 1.16 bits per heavy atom. The highest BCUT2D eigenvalue weighted by Gasteiger charge is 2.15. The molecule has 8 nitrogen and oxygen atoms in total. The molecule has 0 aliphatic carbocycles. The van der Waals surface area contributed by atoms with Crippen LogP contribution in [0.3, 0.4) is 0 Å². The fourth-order valence-corrected chi connectivity index (χ4v) is 3.39. The van der Waals surface area contributed by atoms with E-state index in [-0.39, 0.29) is 23.3 Å². The second kappa shape index (κ2) is 12.7. The molecule has 0 unspecified atom stereocenters. The SMILES string of the molecule is C=CCc1cc(/C=N/NC(=O)c2ccc(C#N)cc2F)cc(OCC)c1OCc1ccc(C(=O)O)cc1. The lowest BCUT2D eigenvalue weighted by Crippen LogP contribution is -2.19. The molecule has 0 heterocycles. The maximum atomic E-state index is 14.1. The maximum Gasteiger partial charge on any atom is 0.335 e. The Balaban J connectivity index is 1.80. The standard InChI is InChI=1S/C28H24FN3O5/c1-3-5-22-12-20(16-31-32-27(33)23-11-8-19(15-30)13-24(23)29)14-25(36-4-2)26(22)37-17-18-6-9-21(10-7-18)28(34)35/h3,6-14,16H,1,4-5,17H2,2H3,(H,32,33)(H,34,35)/b31-16+. The number of carboxylic acid groups (broad SMARTS) is 1. The van der Waals surface area contributed by atoms with Crippen LogP contribution in [0.4, 0.5) is 4.39 Å². The van der Waals surface area contributed by atoms with Crippen LogP contribution in [-0.4, -0.2) is 29.8 Å². The van der Waals surface area contributed by atoms with Crippen molar-refractivity contribution < 1.29 is 28.6 Å². The number of nitrogens with zero attached hydrogens (tertiary/aromatic N) is 2. The molecule has 3 rings (SSSR count). The number of carbonyl (C=O) groups is 2. The van der Waals surface area contributed by atoms with Crippen LogP contribution in [0.2, 0.25) is 0 Å². The average molecular weight is 502 g/mol. The summed E-state index contributed by atoms with van der Waals surface area (Å²) in [5.74, 6) is -1.63. The summed E-state index contributed by atoms with van der Waals surface area (Å²) in [6.07, 6.45) is 3.55. The zero-order chi connectivity index (χ0) is 26.8. The number of rotatable bonds is 11. The fraction of sp³-hybridized carbons (Fsp3) is 0.143. The van der Waals surface area contributed by atoms with Crippen molar-refractivity contribution in [2.75, 3.05) is 6.61 Å². The zero-order valence-electron chi connectivity index (χ0n) is 20.0. The number of carbonyl (C=O) groups excluding carboxylic acids is 1. The van der Waals surface area contributed by atoms with E-state index in [1.165, 1.54) is 30.5 Å². The number of aromatic carboxylic acids is 1. The van der Waals surface area contributed by atoms with Crippen LogP contribution in [0, 0.1) is 17.1 Å². The first-order chi connectivity index (χ1) is 17.9. The highest BCUT2D eigenvalue weighted by Crippen LogP contribution is 2.34. The Labute approximate surface area is 213 Å². The third-order valence-electron chi connectivity index (χ3n) is 5.12. The number of allylic oxidation sites excluding steroid dienone is 1. The molecule has 0 bridgehead atoms. The summed E-state index contributed by atoms with van der Waals surface area (Å²) in [4.78, 5) is 23.3. The van der Waals surface area contributed by atoms with Gasteiger partial charge in [-0.25, -0.2) is 14.6 Å². The van der Waals surface area contributed by atoms with E-state index < -0.39 is 17.7 Å². The molecule has 0 saturated heterocycles. The van der Waals surface area contributed by atoms with E-state index >= 15 is 0 Å². The van der Waals surface area contributed by atoms with E-state index in [0.717, 1.165) is 17.2 Å². The minimum atomic E-state index is -1.00. The van der Waals surface area contributed by atoms with Crippen molar-refractivity contribution in [3.8, 4) is 17.6 Å². The number of nitriles is 1. The van der Waals surface area contributed by atoms with Crippen molar-refractivity contribution in [1.29, 1.82) is 5.26 Å². The third kappa shape index (κ3) is 7.02. The van der Waals surface area contributed by atoms with Crippen molar-refractivity contribution in [2.24, 2.45) is 5.10 Å². The first-order valence-corrected chi connectivity index (χ1v) is 11.2. The summed E-state index contributed by atoms with van der Waals surface area (Å²) >= 11 is 0. The third-order valence-corrected chi connectivity index (χ3v) is 5.12. The quantitative estimate of drug-likeness (QED) is 0.220. The monoisotopic (exact) mass is 501 g/mol. The van der Waals surface area contributed by atoms with Crippen molar-refractivity contribution in [2.45, 2.75) is 20.0 Å². The minimum absolute atomic E-state index is 0.107. The van der Waals surface area contributed by atoms with E-state index in [2.05, 4.69) is 17.1 Å². The maximum absolute atomic E-state index is 14.1. The van der Waals surface area contributed by atoms with Gasteiger partial charge in [-0.05, 0) is 66.9 Å². The molecule has 188 valence electrons. The average Bonchev–Trinajstić information content (AvgIpc) is 2.88. The minimum Gasteiger partial charge on any atom is -0.490 e. The highest BCUT2D eigenvalue weighted by atomic mass is 19.1. The van der Waals surface area contributed by atoms with Gasteiger partial charge < -0.3 is 14.6 Å². The molecular formula is C28H24FN3O5. The second-order valence-corrected chi connectivity index (χ2v) is 7.73. The normalized spacial score (nSPS) is 10.5. The highest BCUT2D eigenvalue weighted by molar-refractivity contribution is 5.95. The summed E-state index contributed by atoms with van der Waals surface area (Å²) < 4.78 is 25.9. The van der Waals surface area contributed by atoms with Crippen molar-refractivity contribution in [3.63, 3.8) is 0 Å². The summed E-state index contributed by atoms with van der Waals surface area (Å²) in [5.41, 5.74) is 4.46. The van der Waals surface area contributed by atoms with E-state index in [9.17, 15) is 14.0 Å². The van der Waals surface area contributed by atoms with Gasteiger partial charge in [0.2, 0.25) is 0 Å². The Hall–Kier alpha value is -4.97. The lowest BCUT2D eigenvalue weighted by molar-refractivity contribution is 0.0696. The molecule has 9 heteroatoms. The molecule has 0 aromatic heterocycles. The number of hydrogen-bond donors (Lipinski definition) is 2. The summed E-state index contributed by atoms with van der Waals surface area (Å²) in [5, 5.41) is 21.8. The van der Waals surface area contributed by atoms with Crippen LogP contribution in [0.5, 0.6) is 11.5 Å². The van der Waals surface area contributed by atoms with Crippen LogP contribution in [-0.2, 0) is 13.0 Å². The van der Waals surface area contributed by atoms with Crippen molar-refractivity contribution in [3.05, 3.63) is 106 Å². The number of nitrogens with one attached hydrogen (secondary N) is 1. The number of hydrazone groups is 1. The van der Waals surface area contributed by atoms with E-state index in [4.69, 9.17) is 19.8 Å². The molecule has 0 atom stereocenters. The van der Waals surface area contributed by atoms with Gasteiger partial charge in [-0.15, -0.1) is 6.58 Å². The lowest BCUT2D eigenvalue weighted by atomic mass is 10.1. The summed E-state index contributed by atoms with van der Waals surface area (Å²) in [7, 11) is 0.